The van der Waals surface area contributed by atoms with E-state index in [9.17, 15) is 9.59 Å². The van der Waals surface area contributed by atoms with Crippen LogP contribution in [0.25, 0.3) is 0 Å². The number of rotatable bonds is 3. The third kappa shape index (κ3) is 2.90. The summed E-state index contributed by atoms with van der Waals surface area (Å²) in [7, 11) is 0. The molecule has 0 aromatic heterocycles. The maximum absolute atomic E-state index is 12.3. The van der Waals surface area contributed by atoms with Crippen molar-refractivity contribution >= 4 is 11.8 Å². The SMILES string of the molecule is C=C(C)[C@H]1C[C@@]2(C)C(=CC1=O)CC[C@@H](OC(=O)C(C)C)[C@@H]2C. The molecule has 2 aliphatic carbocycles. The lowest BCUT2D eigenvalue weighted by Gasteiger charge is -2.49. The van der Waals surface area contributed by atoms with Gasteiger partial charge in [-0.05, 0) is 37.7 Å². The van der Waals surface area contributed by atoms with Crippen LogP contribution in [0, 0.1) is 23.2 Å². The molecule has 0 amide bonds. The van der Waals surface area contributed by atoms with Crippen LogP contribution in [0.4, 0.5) is 0 Å². The monoisotopic (exact) mass is 304 g/mol. The molecule has 3 nitrogen and oxygen atoms in total. The minimum Gasteiger partial charge on any atom is -0.462 e. The van der Waals surface area contributed by atoms with Crippen molar-refractivity contribution in [3.8, 4) is 0 Å². The number of ether oxygens (including phenoxy) is 1. The van der Waals surface area contributed by atoms with Gasteiger partial charge in [-0.15, -0.1) is 0 Å². The summed E-state index contributed by atoms with van der Waals surface area (Å²) in [6, 6.07) is 0. The van der Waals surface area contributed by atoms with Gasteiger partial charge in [0.15, 0.2) is 5.78 Å². The molecule has 0 unspecified atom stereocenters. The number of fused-ring (bicyclic) bond motifs is 1. The lowest BCUT2D eigenvalue weighted by Crippen LogP contribution is -2.46. The molecule has 1 fully saturated rings. The summed E-state index contributed by atoms with van der Waals surface area (Å²) in [6.07, 6.45) is 4.21. The molecule has 0 heterocycles. The fourth-order valence-electron chi connectivity index (χ4n) is 3.75. The first-order chi connectivity index (χ1) is 10.2. The minimum atomic E-state index is -0.129. The quantitative estimate of drug-likeness (QED) is 0.583. The van der Waals surface area contributed by atoms with Crippen LogP contribution in [0.5, 0.6) is 0 Å². The Morgan fingerprint density at radius 2 is 2.09 bits per heavy atom. The Morgan fingerprint density at radius 1 is 1.45 bits per heavy atom. The molecular formula is C19H28O3. The molecule has 4 atom stereocenters. The number of hydrogen-bond donors (Lipinski definition) is 0. The highest BCUT2D eigenvalue weighted by molar-refractivity contribution is 5.95. The third-order valence-corrected chi connectivity index (χ3v) is 5.62. The van der Waals surface area contributed by atoms with E-state index in [1.807, 2.05) is 26.8 Å². The second kappa shape index (κ2) is 6.02. The highest BCUT2D eigenvalue weighted by atomic mass is 16.5. The van der Waals surface area contributed by atoms with Gasteiger partial charge in [0, 0.05) is 11.8 Å². The first kappa shape index (κ1) is 17.0. The number of hydrogen-bond acceptors (Lipinski definition) is 3. The molecule has 22 heavy (non-hydrogen) atoms. The fraction of sp³-hybridized carbons (Fsp3) is 0.684. The summed E-state index contributed by atoms with van der Waals surface area (Å²) in [5, 5.41) is 0. The molecule has 0 saturated heterocycles. The van der Waals surface area contributed by atoms with Crippen LogP contribution in [-0.2, 0) is 14.3 Å². The summed E-state index contributed by atoms with van der Waals surface area (Å²) < 4.78 is 5.73. The minimum absolute atomic E-state index is 0.0592. The standard InChI is InChI=1S/C19H28O3/c1-11(2)15-10-19(6)13(5)17(22-18(21)12(3)4)8-7-14(19)9-16(15)20/h9,12-13,15,17H,1,7-8,10H2,2-6H3/t13-,15+,17+,19+/m0/s1. The van der Waals surface area contributed by atoms with Gasteiger partial charge >= 0.3 is 5.97 Å². The molecule has 0 radical (unpaired) electrons. The molecule has 0 bridgehead atoms. The van der Waals surface area contributed by atoms with Crippen LogP contribution in [0.1, 0.15) is 53.9 Å². The van der Waals surface area contributed by atoms with Gasteiger partial charge in [-0.1, -0.05) is 45.4 Å². The third-order valence-electron chi connectivity index (χ3n) is 5.62. The van der Waals surface area contributed by atoms with Gasteiger partial charge < -0.3 is 4.74 Å². The second-order valence-corrected chi connectivity index (χ2v) is 7.55. The van der Waals surface area contributed by atoms with E-state index in [0.29, 0.717) is 0 Å². The lowest BCUT2D eigenvalue weighted by molar-refractivity contribution is -0.160. The smallest absolute Gasteiger partial charge is 0.308 e. The summed E-state index contributed by atoms with van der Waals surface area (Å²) in [4.78, 5) is 24.2. The van der Waals surface area contributed by atoms with E-state index in [1.54, 1.807) is 0 Å². The summed E-state index contributed by atoms with van der Waals surface area (Å²) in [5.74, 6) is 0.0648. The number of esters is 1. The van der Waals surface area contributed by atoms with Crippen LogP contribution in [0.15, 0.2) is 23.8 Å². The highest BCUT2D eigenvalue weighted by Crippen LogP contribution is 2.53. The molecule has 2 aliphatic rings. The van der Waals surface area contributed by atoms with Gasteiger partial charge in [-0.2, -0.15) is 0 Å². The van der Waals surface area contributed by atoms with E-state index in [-0.39, 0.29) is 41.0 Å². The molecule has 0 aromatic rings. The Morgan fingerprint density at radius 3 is 2.64 bits per heavy atom. The van der Waals surface area contributed by atoms with Gasteiger partial charge in [0.1, 0.15) is 6.10 Å². The molecule has 0 aromatic carbocycles. The zero-order valence-corrected chi connectivity index (χ0v) is 14.4. The largest absolute Gasteiger partial charge is 0.462 e. The maximum atomic E-state index is 12.3. The molecular weight excluding hydrogens is 276 g/mol. The Balaban J connectivity index is 2.25. The first-order valence-corrected chi connectivity index (χ1v) is 8.27. The Hall–Kier alpha value is -1.38. The van der Waals surface area contributed by atoms with E-state index in [1.165, 1.54) is 5.57 Å². The lowest BCUT2D eigenvalue weighted by atomic mass is 9.57. The highest BCUT2D eigenvalue weighted by Gasteiger charge is 2.48. The van der Waals surface area contributed by atoms with Crippen molar-refractivity contribution in [1.29, 1.82) is 0 Å². The predicted octanol–water partition coefficient (Wildman–Crippen LogP) is 4.08. The second-order valence-electron chi connectivity index (χ2n) is 7.55. The van der Waals surface area contributed by atoms with Crippen LogP contribution in [0.3, 0.4) is 0 Å². The summed E-state index contributed by atoms with van der Waals surface area (Å²) >= 11 is 0. The van der Waals surface area contributed by atoms with E-state index in [2.05, 4.69) is 20.4 Å². The van der Waals surface area contributed by atoms with Crippen LogP contribution < -0.4 is 0 Å². The average Bonchev–Trinajstić information content (AvgIpc) is 2.43. The average molecular weight is 304 g/mol. The van der Waals surface area contributed by atoms with Crippen molar-refractivity contribution < 1.29 is 14.3 Å². The van der Waals surface area contributed by atoms with Gasteiger partial charge in [-0.25, -0.2) is 0 Å². The van der Waals surface area contributed by atoms with E-state index >= 15 is 0 Å². The van der Waals surface area contributed by atoms with E-state index in [4.69, 9.17) is 4.74 Å². The van der Waals surface area contributed by atoms with Crippen molar-refractivity contribution in [1.82, 2.24) is 0 Å². The molecule has 0 spiro atoms. The van der Waals surface area contributed by atoms with E-state index in [0.717, 1.165) is 24.8 Å². The summed E-state index contributed by atoms with van der Waals surface area (Å²) in [6.45, 7) is 14.0. The topological polar surface area (TPSA) is 43.4 Å². The predicted molar refractivity (Wildman–Crippen MR) is 87.2 cm³/mol. The molecule has 1 saturated carbocycles. The van der Waals surface area contributed by atoms with Crippen LogP contribution in [-0.4, -0.2) is 17.9 Å². The Kier molecular flexibility index (Phi) is 4.65. The van der Waals surface area contributed by atoms with E-state index < -0.39 is 0 Å². The zero-order valence-electron chi connectivity index (χ0n) is 14.4. The number of ketones is 1. The van der Waals surface area contributed by atoms with Crippen molar-refractivity contribution in [2.45, 2.75) is 60.0 Å². The van der Waals surface area contributed by atoms with Crippen LogP contribution >= 0.6 is 0 Å². The fourth-order valence-corrected chi connectivity index (χ4v) is 3.75. The Labute approximate surface area is 133 Å². The van der Waals surface area contributed by atoms with Crippen molar-refractivity contribution in [3.05, 3.63) is 23.8 Å². The number of allylic oxidation sites excluding steroid dienone is 3. The number of carbonyl (C=O) groups is 2. The molecule has 3 heteroatoms. The van der Waals surface area contributed by atoms with Crippen molar-refractivity contribution in [3.63, 3.8) is 0 Å². The van der Waals surface area contributed by atoms with Gasteiger partial charge in [-0.3, -0.25) is 9.59 Å². The van der Waals surface area contributed by atoms with Crippen molar-refractivity contribution in [2.75, 3.05) is 0 Å². The Bertz CT molecular complexity index is 529. The zero-order chi connectivity index (χ0) is 16.7. The van der Waals surface area contributed by atoms with Gasteiger partial charge in [0.25, 0.3) is 0 Å². The molecule has 0 N–H and O–H groups in total. The molecule has 0 aliphatic heterocycles. The maximum Gasteiger partial charge on any atom is 0.308 e. The molecule has 122 valence electrons. The van der Waals surface area contributed by atoms with Gasteiger partial charge in [0.2, 0.25) is 0 Å². The van der Waals surface area contributed by atoms with Crippen LogP contribution in [0.2, 0.25) is 0 Å². The first-order valence-electron chi connectivity index (χ1n) is 8.27. The normalized spacial score (nSPS) is 34.9. The molecule has 2 rings (SSSR count). The summed E-state index contributed by atoms with van der Waals surface area (Å²) in [5.41, 5.74) is 2.06. The van der Waals surface area contributed by atoms with Crippen molar-refractivity contribution in [2.24, 2.45) is 23.2 Å². The van der Waals surface area contributed by atoms with Gasteiger partial charge in [0.05, 0.1) is 5.92 Å². The number of carbonyl (C=O) groups excluding carboxylic acids is 2.